The summed E-state index contributed by atoms with van der Waals surface area (Å²) >= 11 is 0. The molecule has 2 N–H and O–H groups in total. The molecule has 0 radical (unpaired) electrons. The molecule has 118 valence electrons. The molecule has 3 rings (SSSR count). The lowest BCUT2D eigenvalue weighted by Crippen LogP contribution is -2.49. The average Bonchev–Trinajstić information content (AvgIpc) is 2.53. The van der Waals surface area contributed by atoms with Gasteiger partial charge in [0.2, 0.25) is 0 Å². The number of hydrogen-bond donors (Lipinski definition) is 2. The molecule has 6 nitrogen and oxygen atoms in total. The van der Waals surface area contributed by atoms with E-state index in [1.54, 1.807) is 18.3 Å². The first-order valence-electron chi connectivity index (χ1n) is 7.16. The van der Waals surface area contributed by atoms with Gasteiger partial charge in [0.1, 0.15) is 12.0 Å². The summed E-state index contributed by atoms with van der Waals surface area (Å²) in [7, 11) is 0. The lowest BCUT2D eigenvalue weighted by molar-refractivity contribution is -0.131. The van der Waals surface area contributed by atoms with Crippen molar-refractivity contribution in [2.24, 2.45) is 0 Å². The second-order valence-corrected chi connectivity index (χ2v) is 5.44. The molecule has 7 heteroatoms. The third kappa shape index (κ3) is 3.33. The monoisotopic (exact) mass is 314 g/mol. The standard InChI is InChI=1S/C16H15FN4O2/c17-11-9-16(10-11,13-3-1-2-8-18-13)19-14-6-4-12(20-21-14)5-7-15(22)23/h1-8,11H,9-10H2,(H,19,21)(H,22,23). The Hall–Kier alpha value is -2.83. The highest BCUT2D eigenvalue weighted by Gasteiger charge is 2.47. The summed E-state index contributed by atoms with van der Waals surface area (Å²) in [5.41, 5.74) is 0.626. The van der Waals surface area contributed by atoms with E-state index in [2.05, 4.69) is 20.5 Å². The van der Waals surface area contributed by atoms with E-state index in [9.17, 15) is 9.18 Å². The van der Waals surface area contributed by atoms with Gasteiger partial charge in [-0.15, -0.1) is 10.2 Å². The van der Waals surface area contributed by atoms with Gasteiger partial charge in [0.25, 0.3) is 0 Å². The number of carbonyl (C=O) groups is 1. The highest BCUT2D eigenvalue weighted by Crippen LogP contribution is 2.44. The minimum atomic E-state index is -1.05. The number of anilines is 1. The number of rotatable bonds is 5. The van der Waals surface area contributed by atoms with Crippen LogP contribution >= 0.6 is 0 Å². The van der Waals surface area contributed by atoms with E-state index in [0.29, 0.717) is 24.4 Å². The Morgan fingerprint density at radius 1 is 1.30 bits per heavy atom. The summed E-state index contributed by atoms with van der Waals surface area (Å²) in [6.45, 7) is 0. The van der Waals surface area contributed by atoms with Crippen LogP contribution in [0.5, 0.6) is 0 Å². The summed E-state index contributed by atoms with van der Waals surface area (Å²) in [5, 5.41) is 19.7. The number of hydrogen-bond acceptors (Lipinski definition) is 5. The molecule has 1 saturated carbocycles. The molecule has 2 aromatic rings. The number of nitrogens with zero attached hydrogens (tertiary/aromatic N) is 3. The SMILES string of the molecule is O=C(O)C=Cc1ccc(NC2(c3ccccn3)CC(F)C2)nn1. The molecular weight excluding hydrogens is 299 g/mol. The molecular formula is C16H15FN4O2. The third-order valence-electron chi connectivity index (χ3n) is 3.74. The van der Waals surface area contributed by atoms with Gasteiger partial charge in [0.05, 0.1) is 16.9 Å². The Morgan fingerprint density at radius 3 is 2.70 bits per heavy atom. The summed E-state index contributed by atoms with van der Waals surface area (Å²) in [4.78, 5) is 14.8. The molecule has 0 amide bonds. The molecule has 23 heavy (non-hydrogen) atoms. The van der Waals surface area contributed by atoms with Crippen molar-refractivity contribution in [3.8, 4) is 0 Å². The predicted octanol–water partition coefficient (Wildman–Crippen LogP) is 2.41. The Balaban J connectivity index is 1.78. The van der Waals surface area contributed by atoms with Gasteiger partial charge in [-0.05, 0) is 30.3 Å². The number of nitrogens with one attached hydrogen (secondary N) is 1. The van der Waals surface area contributed by atoms with Gasteiger partial charge in [-0.3, -0.25) is 4.98 Å². The first kappa shape index (κ1) is 15.1. The molecule has 1 fully saturated rings. The molecule has 0 atom stereocenters. The molecule has 2 heterocycles. The molecule has 0 aromatic carbocycles. The van der Waals surface area contributed by atoms with Crippen molar-refractivity contribution in [2.75, 3.05) is 5.32 Å². The van der Waals surface area contributed by atoms with Crippen molar-refractivity contribution >= 4 is 17.9 Å². The van der Waals surface area contributed by atoms with Crippen LogP contribution in [0.25, 0.3) is 6.08 Å². The number of pyridine rings is 1. The minimum absolute atomic E-state index is 0.326. The van der Waals surface area contributed by atoms with Gasteiger partial charge in [-0.2, -0.15) is 0 Å². The van der Waals surface area contributed by atoms with Gasteiger partial charge in [0.15, 0.2) is 0 Å². The van der Waals surface area contributed by atoms with E-state index >= 15 is 0 Å². The molecule has 0 saturated heterocycles. The zero-order valence-corrected chi connectivity index (χ0v) is 12.2. The first-order valence-corrected chi connectivity index (χ1v) is 7.16. The maximum atomic E-state index is 13.5. The van der Waals surface area contributed by atoms with Crippen molar-refractivity contribution < 1.29 is 14.3 Å². The fourth-order valence-corrected chi connectivity index (χ4v) is 2.62. The largest absolute Gasteiger partial charge is 0.478 e. The van der Waals surface area contributed by atoms with Crippen LogP contribution in [0.3, 0.4) is 0 Å². The van der Waals surface area contributed by atoms with Crippen LogP contribution < -0.4 is 5.32 Å². The van der Waals surface area contributed by atoms with Gasteiger partial charge >= 0.3 is 5.97 Å². The van der Waals surface area contributed by atoms with E-state index in [0.717, 1.165) is 11.8 Å². The second kappa shape index (κ2) is 6.12. The highest BCUT2D eigenvalue weighted by molar-refractivity contribution is 5.84. The number of aromatic nitrogens is 3. The van der Waals surface area contributed by atoms with Gasteiger partial charge < -0.3 is 10.4 Å². The fraction of sp³-hybridized carbons (Fsp3) is 0.250. The maximum absolute atomic E-state index is 13.5. The number of aliphatic carboxylic acids is 1. The lowest BCUT2D eigenvalue weighted by atomic mass is 9.72. The normalized spacial score (nSPS) is 23.4. The van der Waals surface area contributed by atoms with Crippen LogP contribution in [0.2, 0.25) is 0 Å². The highest BCUT2D eigenvalue weighted by atomic mass is 19.1. The van der Waals surface area contributed by atoms with E-state index in [-0.39, 0.29) is 0 Å². The number of carboxylic acid groups (broad SMARTS) is 1. The van der Waals surface area contributed by atoms with E-state index in [4.69, 9.17) is 5.11 Å². The third-order valence-corrected chi connectivity index (χ3v) is 3.74. The topological polar surface area (TPSA) is 88.0 Å². The quantitative estimate of drug-likeness (QED) is 0.824. The van der Waals surface area contributed by atoms with Gasteiger partial charge in [-0.25, -0.2) is 9.18 Å². The second-order valence-electron chi connectivity index (χ2n) is 5.44. The summed E-state index contributed by atoms with van der Waals surface area (Å²) in [6.07, 6.45) is 3.81. The summed E-state index contributed by atoms with van der Waals surface area (Å²) in [6, 6.07) is 8.86. The molecule has 0 aliphatic heterocycles. The average molecular weight is 314 g/mol. The van der Waals surface area contributed by atoms with E-state index < -0.39 is 17.7 Å². The molecule has 0 spiro atoms. The Morgan fingerprint density at radius 2 is 2.13 bits per heavy atom. The zero-order valence-electron chi connectivity index (χ0n) is 12.2. The summed E-state index contributed by atoms with van der Waals surface area (Å²) in [5.74, 6) is -0.554. The van der Waals surface area contributed by atoms with Crippen LogP contribution in [0, 0.1) is 0 Å². The number of alkyl halides is 1. The van der Waals surface area contributed by atoms with Crippen molar-refractivity contribution in [3.05, 3.63) is 54.0 Å². The Labute approximate surface area is 132 Å². The van der Waals surface area contributed by atoms with Crippen LogP contribution in [0.4, 0.5) is 10.2 Å². The lowest BCUT2D eigenvalue weighted by Gasteiger charge is -2.44. The molecule has 0 bridgehead atoms. The van der Waals surface area contributed by atoms with E-state index in [1.807, 2.05) is 18.2 Å². The van der Waals surface area contributed by atoms with Crippen LogP contribution in [-0.2, 0) is 10.3 Å². The van der Waals surface area contributed by atoms with Crippen molar-refractivity contribution in [2.45, 2.75) is 24.6 Å². The molecule has 2 aromatic heterocycles. The van der Waals surface area contributed by atoms with E-state index in [1.165, 1.54) is 6.08 Å². The Kier molecular flexibility index (Phi) is 4.01. The van der Waals surface area contributed by atoms with Crippen molar-refractivity contribution in [3.63, 3.8) is 0 Å². The van der Waals surface area contributed by atoms with Crippen molar-refractivity contribution in [1.82, 2.24) is 15.2 Å². The zero-order chi connectivity index (χ0) is 16.3. The fourth-order valence-electron chi connectivity index (χ4n) is 2.62. The van der Waals surface area contributed by atoms with Crippen LogP contribution in [0.15, 0.2) is 42.6 Å². The molecule has 1 aliphatic carbocycles. The maximum Gasteiger partial charge on any atom is 0.328 e. The van der Waals surface area contributed by atoms with Crippen molar-refractivity contribution in [1.29, 1.82) is 0 Å². The number of halogens is 1. The first-order chi connectivity index (χ1) is 11.1. The number of carboxylic acids is 1. The smallest absolute Gasteiger partial charge is 0.328 e. The Bertz CT molecular complexity index is 713. The molecule has 0 unspecified atom stereocenters. The minimum Gasteiger partial charge on any atom is -0.478 e. The van der Waals surface area contributed by atoms with Gasteiger partial charge in [-0.1, -0.05) is 6.07 Å². The molecule has 1 aliphatic rings. The van der Waals surface area contributed by atoms with Crippen LogP contribution in [0.1, 0.15) is 24.2 Å². The summed E-state index contributed by atoms with van der Waals surface area (Å²) < 4.78 is 13.5. The van der Waals surface area contributed by atoms with Crippen LogP contribution in [-0.4, -0.2) is 32.4 Å². The predicted molar refractivity (Wildman–Crippen MR) is 82.4 cm³/mol. The van der Waals surface area contributed by atoms with Gasteiger partial charge in [0, 0.05) is 25.1 Å².